The van der Waals surface area contributed by atoms with Gasteiger partial charge >= 0.3 is 6.61 Å². The van der Waals surface area contributed by atoms with E-state index in [1.807, 2.05) is 4.90 Å². The fourth-order valence-corrected chi connectivity index (χ4v) is 3.26. The minimum atomic E-state index is -3.10. The molecule has 1 heterocycles. The lowest BCUT2D eigenvalue weighted by Crippen LogP contribution is -2.49. The third-order valence-electron chi connectivity index (χ3n) is 4.62. The molecule has 29 heavy (non-hydrogen) atoms. The zero-order valence-electron chi connectivity index (χ0n) is 15.6. The van der Waals surface area contributed by atoms with Gasteiger partial charge in [0.1, 0.15) is 5.69 Å². The molecule has 1 aliphatic heterocycles. The number of anilines is 1. The van der Waals surface area contributed by atoms with Gasteiger partial charge in [-0.1, -0.05) is 18.2 Å². The number of nitro benzene ring substituents is 1. The van der Waals surface area contributed by atoms with Crippen LogP contribution in [-0.4, -0.2) is 55.6 Å². The van der Waals surface area contributed by atoms with E-state index in [2.05, 4.69) is 4.74 Å². The van der Waals surface area contributed by atoms with Gasteiger partial charge in [-0.3, -0.25) is 14.9 Å². The number of ether oxygens (including phenoxy) is 2. The highest BCUT2D eigenvalue weighted by molar-refractivity contribution is 5.98. The predicted molar refractivity (Wildman–Crippen MR) is 101 cm³/mol. The van der Waals surface area contributed by atoms with Crippen molar-refractivity contribution in [3.8, 4) is 11.5 Å². The molecule has 3 rings (SSSR count). The summed E-state index contributed by atoms with van der Waals surface area (Å²) in [6.45, 7) is -1.82. The summed E-state index contributed by atoms with van der Waals surface area (Å²) in [4.78, 5) is 27.0. The molecule has 1 aliphatic rings. The first-order valence-corrected chi connectivity index (χ1v) is 8.82. The topological polar surface area (TPSA) is 85.2 Å². The van der Waals surface area contributed by atoms with E-state index in [1.54, 1.807) is 18.2 Å². The number of amides is 1. The maximum atomic E-state index is 12.9. The normalized spacial score (nSPS) is 14.1. The first-order valence-electron chi connectivity index (χ1n) is 8.82. The number of piperazine rings is 1. The molecule has 0 radical (unpaired) electrons. The van der Waals surface area contributed by atoms with Crippen molar-refractivity contribution in [2.24, 2.45) is 0 Å². The molecule has 0 bridgehead atoms. The molecule has 0 aliphatic carbocycles. The molecule has 2 aromatic rings. The molecule has 0 unspecified atom stereocenters. The maximum absolute atomic E-state index is 12.9. The van der Waals surface area contributed by atoms with E-state index in [4.69, 9.17) is 4.74 Å². The lowest BCUT2D eigenvalue weighted by molar-refractivity contribution is -0.384. The zero-order chi connectivity index (χ0) is 21.0. The van der Waals surface area contributed by atoms with E-state index in [0.29, 0.717) is 18.8 Å². The van der Waals surface area contributed by atoms with Crippen LogP contribution in [0, 0.1) is 10.1 Å². The summed E-state index contributed by atoms with van der Waals surface area (Å²) >= 11 is 0. The molecule has 0 spiro atoms. The number of rotatable bonds is 6. The Hall–Kier alpha value is -3.43. The van der Waals surface area contributed by atoms with E-state index in [-0.39, 0.29) is 35.8 Å². The van der Waals surface area contributed by atoms with E-state index in [0.717, 1.165) is 0 Å². The van der Waals surface area contributed by atoms with Crippen LogP contribution < -0.4 is 14.4 Å². The highest BCUT2D eigenvalue weighted by Crippen LogP contribution is 2.34. The number of nitro groups is 1. The Morgan fingerprint density at radius 3 is 2.41 bits per heavy atom. The van der Waals surface area contributed by atoms with Crippen molar-refractivity contribution in [2.75, 3.05) is 38.2 Å². The van der Waals surface area contributed by atoms with Crippen molar-refractivity contribution in [3.63, 3.8) is 0 Å². The van der Waals surface area contributed by atoms with Crippen molar-refractivity contribution in [1.82, 2.24) is 4.90 Å². The van der Waals surface area contributed by atoms with Crippen molar-refractivity contribution >= 4 is 17.3 Å². The van der Waals surface area contributed by atoms with Crippen LogP contribution in [0.5, 0.6) is 11.5 Å². The molecule has 1 saturated heterocycles. The van der Waals surface area contributed by atoms with Gasteiger partial charge in [0.15, 0.2) is 11.5 Å². The number of methoxy groups -OCH3 is 1. The fourth-order valence-electron chi connectivity index (χ4n) is 3.26. The number of alkyl halides is 2. The van der Waals surface area contributed by atoms with E-state index in [1.165, 1.54) is 36.3 Å². The molecule has 0 atom stereocenters. The minimum absolute atomic E-state index is 0.00677. The van der Waals surface area contributed by atoms with Crippen LogP contribution in [0.2, 0.25) is 0 Å². The standard InChI is InChI=1S/C19H19F2N3O5/c1-28-16-8-4-5-13(17(16)29-19(20)21)18(25)23-11-9-22(10-12-23)14-6-2-3-7-15(14)24(26)27/h2-8,19H,9-12H2,1H3. The van der Waals surface area contributed by atoms with Gasteiger partial charge in [-0.05, 0) is 18.2 Å². The van der Waals surface area contributed by atoms with Gasteiger partial charge in [-0.15, -0.1) is 0 Å². The highest BCUT2D eigenvalue weighted by Gasteiger charge is 2.29. The summed E-state index contributed by atoms with van der Waals surface area (Å²) in [5, 5.41) is 11.2. The van der Waals surface area contributed by atoms with Gasteiger partial charge in [-0.25, -0.2) is 0 Å². The predicted octanol–water partition coefficient (Wildman–Crippen LogP) is 3.17. The van der Waals surface area contributed by atoms with Gasteiger partial charge in [-0.2, -0.15) is 8.78 Å². The molecule has 2 aromatic carbocycles. The molecule has 0 saturated carbocycles. The quantitative estimate of drug-likeness (QED) is 0.540. The number of nitrogens with zero attached hydrogens (tertiary/aromatic N) is 3. The molecular formula is C19H19F2N3O5. The Labute approximate surface area is 165 Å². The number of benzene rings is 2. The fraction of sp³-hybridized carbons (Fsp3) is 0.316. The van der Waals surface area contributed by atoms with Gasteiger partial charge in [0, 0.05) is 32.2 Å². The van der Waals surface area contributed by atoms with Crippen LogP contribution >= 0.6 is 0 Å². The lowest BCUT2D eigenvalue weighted by Gasteiger charge is -2.36. The van der Waals surface area contributed by atoms with Crippen molar-refractivity contribution < 1.29 is 28.0 Å². The molecule has 8 nitrogen and oxygen atoms in total. The summed E-state index contributed by atoms with van der Waals surface area (Å²) in [5.74, 6) is -0.743. The Morgan fingerprint density at radius 2 is 1.79 bits per heavy atom. The first kappa shape index (κ1) is 20.3. The average Bonchev–Trinajstić information content (AvgIpc) is 2.73. The Balaban J connectivity index is 1.77. The monoisotopic (exact) mass is 407 g/mol. The average molecular weight is 407 g/mol. The third-order valence-corrected chi connectivity index (χ3v) is 4.62. The lowest BCUT2D eigenvalue weighted by atomic mass is 10.1. The SMILES string of the molecule is COc1cccc(C(=O)N2CCN(c3ccccc3[N+](=O)[O-])CC2)c1OC(F)F. The van der Waals surface area contributed by atoms with Crippen LogP contribution in [0.1, 0.15) is 10.4 Å². The van der Waals surface area contributed by atoms with Crippen LogP contribution in [0.15, 0.2) is 42.5 Å². The first-order chi connectivity index (χ1) is 13.9. The molecule has 0 aromatic heterocycles. The number of hydrogen-bond donors (Lipinski definition) is 0. The van der Waals surface area contributed by atoms with E-state index in [9.17, 15) is 23.7 Å². The van der Waals surface area contributed by atoms with Gasteiger partial charge < -0.3 is 19.3 Å². The van der Waals surface area contributed by atoms with Crippen LogP contribution in [0.3, 0.4) is 0 Å². The highest BCUT2D eigenvalue weighted by atomic mass is 19.3. The summed E-state index contributed by atoms with van der Waals surface area (Å²) < 4.78 is 35.2. The number of para-hydroxylation sites is 3. The summed E-state index contributed by atoms with van der Waals surface area (Å²) in [6.07, 6.45) is 0. The summed E-state index contributed by atoms with van der Waals surface area (Å²) in [7, 11) is 1.30. The van der Waals surface area contributed by atoms with Crippen molar-refractivity contribution in [3.05, 3.63) is 58.1 Å². The maximum Gasteiger partial charge on any atom is 0.387 e. The molecule has 154 valence electrons. The Kier molecular flexibility index (Phi) is 6.10. The molecule has 1 fully saturated rings. The van der Waals surface area contributed by atoms with Crippen molar-refractivity contribution in [2.45, 2.75) is 6.61 Å². The number of carbonyl (C=O) groups is 1. The van der Waals surface area contributed by atoms with Crippen LogP contribution in [0.25, 0.3) is 0 Å². The molecule has 1 amide bonds. The second kappa shape index (κ2) is 8.72. The summed E-state index contributed by atoms with van der Waals surface area (Å²) in [6, 6.07) is 10.7. The zero-order valence-corrected chi connectivity index (χ0v) is 15.6. The van der Waals surface area contributed by atoms with Gasteiger partial charge in [0.25, 0.3) is 11.6 Å². The Morgan fingerprint density at radius 1 is 1.10 bits per heavy atom. The second-order valence-corrected chi connectivity index (χ2v) is 6.24. The van der Waals surface area contributed by atoms with Crippen molar-refractivity contribution in [1.29, 1.82) is 0 Å². The van der Waals surface area contributed by atoms with Crippen LogP contribution in [-0.2, 0) is 0 Å². The number of hydrogen-bond acceptors (Lipinski definition) is 6. The van der Waals surface area contributed by atoms with Crippen LogP contribution in [0.4, 0.5) is 20.2 Å². The molecular weight excluding hydrogens is 388 g/mol. The second-order valence-electron chi connectivity index (χ2n) is 6.24. The summed E-state index contributed by atoms with van der Waals surface area (Å²) in [5.41, 5.74) is 0.448. The Bertz CT molecular complexity index is 901. The minimum Gasteiger partial charge on any atom is -0.493 e. The largest absolute Gasteiger partial charge is 0.493 e. The number of carbonyl (C=O) groups excluding carboxylic acids is 1. The smallest absolute Gasteiger partial charge is 0.387 e. The third kappa shape index (κ3) is 4.36. The van der Waals surface area contributed by atoms with E-state index < -0.39 is 17.4 Å². The van der Waals surface area contributed by atoms with Gasteiger partial charge in [0.05, 0.1) is 17.6 Å². The number of halogens is 2. The van der Waals surface area contributed by atoms with E-state index >= 15 is 0 Å². The van der Waals surface area contributed by atoms with Gasteiger partial charge in [0.2, 0.25) is 0 Å². The molecule has 0 N–H and O–H groups in total. The molecule has 10 heteroatoms.